The Kier molecular flexibility index (Phi) is 3.22. The lowest BCUT2D eigenvalue weighted by atomic mass is 9.48. The molecule has 1 nitrogen and oxygen atoms in total. The van der Waals surface area contributed by atoms with Gasteiger partial charge in [0.15, 0.2) is 0 Å². The molecule has 4 aliphatic carbocycles. The maximum Gasteiger partial charge on any atom is 0.0164 e. The second-order valence-electron chi connectivity index (χ2n) is 8.10. The van der Waals surface area contributed by atoms with Crippen LogP contribution >= 0.6 is 0 Å². The van der Waals surface area contributed by atoms with Gasteiger partial charge in [-0.3, -0.25) is 0 Å². The zero-order valence-corrected chi connectivity index (χ0v) is 12.3. The Bertz CT molecular complexity index is 325. The molecule has 5 rings (SSSR count). The second kappa shape index (κ2) is 4.91. The first kappa shape index (κ1) is 12.4. The van der Waals surface area contributed by atoms with E-state index in [1.54, 1.807) is 44.1 Å². The Morgan fingerprint density at radius 1 is 1.05 bits per heavy atom. The second-order valence-corrected chi connectivity index (χ2v) is 8.10. The van der Waals surface area contributed by atoms with E-state index in [9.17, 15) is 0 Å². The molecule has 0 spiro atoms. The summed E-state index contributed by atoms with van der Waals surface area (Å²) in [4.78, 5) is 0. The van der Waals surface area contributed by atoms with Gasteiger partial charge in [-0.15, -0.1) is 0 Å². The number of hydrogen-bond donors (Lipinski definition) is 1. The minimum absolute atomic E-state index is 0.786. The van der Waals surface area contributed by atoms with Gasteiger partial charge in [0.1, 0.15) is 0 Å². The van der Waals surface area contributed by atoms with E-state index in [-0.39, 0.29) is 0 Å². The predicted molar refractivity (Wildman–Crippen MR) is 80.0 cm³/mol. The van der Waals surface area contributed by atoms with Crippen molar-refractivity contribution < 1.29 is 0 Å². The summed E-state index contributed by atoms with van der Waals surface area (Å²) in [5.74, 6) is 3.36. The van der Waals surface area contributed by atoms with Crippen LogP contribution in [-0.4, -0.2) is 13.1 Å². The van der Waals surface area contributed by atoms with E-state index in [2.05, 4.69) is 11.4 Å². The van der Waals surface area contributed by atoms with Crippen molar-refractivity contribution in [2.24, 2.45) is 23.2 Å². The van der Waals surface area contributed by atoms with Crippen LogP contribution in [-0.2, 0) is 0 Å². The molecule has 0 amide bonds. The molecule has 0 unspecified atom stereocenters. The fourth-order valence-electron chi connectivity index (χ4n) is 6.13. The van der Waals surface area contributed by atoms with E-state index in [0.29, 0.717) is 0 Å². The first-order valence-corrected chi connectivity index (χ1v) is 8.70. The monoisotopic (exact) mass is 259 g/mol. The molecule has 5 fully saturated rings. The summed E-state index contributed by atoms with van der Waals surface area (Å²) in [5, 5.41) is 3.51. The minimum atomic E-state index is 0.786. The molecular weight excluding hydrogens is 230 g/mol. The van der Waals surface area contributed by atoms with Crippen molar-refractivity contribution in [3.05, 3.63) is 11.6 Å². The molecule has 1 heteroatoms. The van der Waals surface area contributed by atoms with Crippen LogP contribution in [0.4, 0.5) is 0 Å². The number of rotatable bonds is 3. The highest BCUT2D eigenvalue weighted by atomic mass is 14.9. The van der Waals surface area contributed by atoms with Crippen LogP contribution in [0.5, 0.6) is 0 Å². The smallest absolute Gasteiger partial charge is 0.0164 e. The van der Waals surface area contributed by atoms with Crippen LogP contribution < -0.4 is 5.32 Å². The third-order valence-electron chi connectivity index (χ3n) is 6.48. The summed E-state index contributed by atoms with van der Waals surface area (Å²) in [7, 11) is 0. The van der Waals surface area contributed by atoms with Gasteiger partial charge in [0, 0.05) is 6.54 Å². The molecule has 106 valence electrons. The number of piperidine rings is 1. The number of hydrogen-bond acceptors (Lipinski definition) is 1. The molecule has 1 heterocycles. The highest BCUT2D eigenvalue weighted by Crippen LogP contribution is 2.61. The minimum Gasteiger partial charge on any atom is -0.313 e. The molecule has 0 aromatic carbocycles. The maximum atomic E-state index is 3.51. The molecule has 0 radical (unpaired) electrons. The van der Waals surface area contributed by atoms with Crippen molar-refractivity contribution in [1.29, 1.82) is 0 Å². The summed E-state index contributed by atoms with van der Waals surface area (Å²) in [5.41, 5.74) is 2.48. The van der Waals surface area contributed by atoms with E-state index in [0.717, 1.165) is 23.2 Å². The zero-order chi connectivity index (χ0) is 12.7. The van der Waals surface area contributed by atoms with E-state index in [4.69, 9.17) is 0 Å². The van der Waals surface area contributed by atoms with E-state index < -0.39 is 0 Å². The Hall–Kier alpha value is -0.300. The zero-order valence-electron chi connectivity index (χ0n) is 12.3. The molecule has 0 aromatic rings. The van der Waals surface area contributed by atoms with Gasteiger partial charge in [0.2, 0.25) is 0 Å². The quantitative estimate of drug-likeness (QED) is 0.745. The van der Waals surface area contributed by atoms with Gasteiger partial charge in [-0.25, -0.2) is 0 Å². The maximum absolute atomic E-state index is 3.51. The first-order valence-electron chi connectivity index (χ1n) is 8.70. The van der Waals surface area contributed by atoms with Crippen molar-refractivity contribution in [2.45, 2.75) is 64.2 Å². The van der Waals surface area contributed by atoms with Crippen molar-refractivity contribution in [1.82, 2.24) is 5.32 Å². The molecular formula is C18H29N. The van der Waals surface area contributed by atoms with E-state index in [1.165, 1.54) is 38.8 Å². The fraction of sp³-hybridized carbons (Fsp3) is 0.889. The average molecular weight is 259 g/mol. The van der Waals surface area contributed by atoms with Gasteiger partial charge in [0.25, 0.3) is 0 Å². The molecule has 5 aliphatic rings. The Morgan fingerprint density at radius 3 is 2.32 bits per heavy atom. The molecule has 19 heavy (non-hydrogen) atoms. The largest absolute Gasteiger partial charge is 0.313 e. The molecule has 1 saturated heterocycles. The van der Waals surface area contributed by atoms with Crippen LogP contribution in [0.25, 0.3) is 0 Å². The summed E-state index contributed by atoms with van der Waals surface area (Å²) >= 11 is 0. The SMILES string of the molecule is C(/CCC12CC3CC(CC(C3)C1)C2)=C1/CCCNC1. The molecule has 4 bridgehead atoms. The summed E-state index contributed by atoms with van der Waals surface area (Å²) in [6, 6.07) is 0. The van der Waals surface area contributed by atoms with Gasteiger partial charge in [-0.05, 0) is 93.9 Å². The van der Waals surface area contributed by atoms with Gasteiger partial charge >= 0.3 is 0 Å². The fourth-order valence-corrected chi connectivity index (χ4v) is 6.13. The van der Waals surface area contributed by atoms with Crippen LogP contribution in [0.3, 0.4) is 0 Å². The lowest BCUT2D eigenvalue weighted by molar-refractivity contribution is -0.0566. The standard InChI is InChI=1S/C18H29N/c1(3-14-4-2-6-19-13-14)5-18-10-15-7-16(11-18)9-17(8-15)12-18/h3,15-17,19H,1-2,4-13H2/b14-3+. The molecule has 1 N–H and O–H groups in total. The molecule has 4 saturated carbocycles. The highest BCUT2D eigenvalue weighted by molar-refractivity contribution is 5.08. The molecule has 0 atom stereocenters. The van der Waals surface area contributed by atoms with Crippen LogP contribution in [0.15, 0.2) is 11.6 Å². The first-order chi connectivity index (χ1) is 9.31. The van der Waals surface area contributed by atoms with E-state index in [1.807, 2.05) is 0 Å². The third kappa shape index (κ3) is 2.51. The lowest BCUT2D eigenvalue weighted by Crippen LogP contribution is -2.45. The van der Waals surface area contributed by atoms with Gasteiger partial charge < -0.3 is 5.32 Å². The summed E-state index contributed by atoms with van der Waals surface area (Å²) in [6.07, 6.45) is 17.7. The molecule has 1 aliphatic heterocycles. The Morgan fingerprint density at radius 2 is 1.74 bits per heavy atom. The highest BCUT2D eigenvalue weighted by Gasteiger charge is 2.50. The van der Waals surface area contributed by atoms with Crippen molar-refractivity contribution in [3.8, 4) is 0 Å². The normalized spacial score (nSPS) is 46.9. The Balaban J connectivity index is 1.37. The molecule has 0 aromatic heterocycles. The van der Waals surface area contributed by atoms with Crippen molar-refractivity contribution in [3.63, 3.8) is 0 Å². The van der Waals surface area contributed by atoms with E-state index >= 15 is 0 Å². The van der Waals surface area contributed by atoms with Gasteiger partial charge in [-0.2, -0.15) is 0 Å². The van der Waals surface area contributed by atoms with Gasteiger partial charge in [-0.1, -0.05) is 11.6 Å². The predicted octanol–water partition coefficient (Wildman–Crippen LogP) is 4.29. The van der Waals surface area contributed by atoms with Gasteiger partial charge in [0.05, 0.1) is 0 Å². The average Bonchev–Trinajstić information content (AvgIpc) is 2.38. The summed E-state index contributed by atoms with van der Waals surface area (Å²) in [6.45, 7) is 2.40. The topological polar surface area (TPSA) is 12.0 Å². The van der Waals surface area contributed by atoms with Crippen molar-refractivity contribution in [2.75, 3.05) is 13.1 Å². The Labute approximate surface area is 118 Å². The lowest BCUT2D eigenvalue weighted by Gasteiger charge is -2.57. The third-order valence-corrected chi connectivity index (χ3v) is 6.48. The van der Waals surface area contributed by atoms with Crippen LogP contribution in [0, 0.1) is 23.2 Å². The number of nitrogens with one attached hydrogen (secondary N) is 1. The van der Waals surface area contributed by atoms with Crippen molar-refractivity contribution >= 4 is 0 Å². The van der Waals surface area contributed by atoms with Crippen LogP contribution in [0.1, 0.15) is 64.2 Å². The summed E-state index contributed by atoms with van der Waals surface area (Å²) < 4.78 is 0. The van der Waals surface area contributed by atoms with Crippen LogP contribution in [0.2, 0.25) is 0 Å². The number of allylic oxidation sites excluding steroid dienone is 1.